The topological polar surface area (TPSA) is 24.1 Å². The largest absolute Gasteiger partial charge is 0.315 e. The lowest BCUT2D eigenvalue weighted by Gasteiger charge is -2.15. The zero-order valence-corrected chi connectivity index (χ0v) is 8.85. The van der Waals surface area contributed by atoms with E-state index in [1.165, 1.54) is 5.56 Å². The molecule has 1 heterocycles. The van der Waals surface area contributed by atoms with E-state index >= 15 is 0 Å². The third-order valence-electron chi connectivity index (χ3n) is 2.57. The van der Waals surface area contributed by atoms with Crippen molar-refractivity contribution in [1.29, 1.82) is 0 Å². The predicted octanol–water partition coefficient (Wildman–Crippen LogP) is 1.96. The lowest BCUT2D eigenvalue weighted by molar-refractivity contribution is 0.549. The van der Waals surface area contributed by atoms with Crippen LogP contribution in [0.2, 0.25) is 5.02 Å². The summed E-state index contributed by atoms with van der Waals surface area (Å²) < 4.78 is 0. The molecule has 1 unspecified atom stereocenters. The number of hydrogen-bond acceptors (Lipinski definition) is 2. The SMILES string of the molecule is Clc1ccc(C2CCNCCN2)cc1. The van der Waals surface area contributed by atoms with Crippen LogP contribution in [0.25, 0.3) is 0 Å². The molecule has 1 fully saturated rings. The number of halogens is 1. The summed E-state index contributed by atoms with van der Waals surface area (Å²) in [5, 5.41) is 7.69. The number of nitrogens with one attached hydrogen (secondary N) is 2. The summed E-state index contributed by atoms with van der Waals surface area (Å²) in [6, 6.07) is 8.59. The van der Waals surface area contributed by atoms with Crippen molar-refractivity contribution in [2.75, 3.05) is 19.6 Å². The molecule has 1 aromatic rings. The molecular formula is C11H15ClN2. The molecule has 0 radical (unpaired) electrons. The first-order valence-electron chi connectivity index (χ1n) is 5.06. The Morgan fingerprint density at radius 3 is 2.64 bits per heavy atom. The van der Waals surface area contributed by atoms with Gasteiger partial charge in [-0.05, 0) is 30.7 Å². The highest BCUT2D eigenvalue weighted by molar-refractivity contribution is 6.30. The maximum atomic E-state index is 5.85. The number of hydrogen-bond donors (Lipinski definition) is 2. The molecule has 0 amide bonds. The smallest absolute Gasteiger partial charge is 0.0406 e. The van der Waals surface area contributed by atoms with Gasteiger partial charge >= 0.3 is 0 Å². The van der Waals surface area contributed by atoms with E-state index in [1.807, 2.05) is 12.1 Å². The van der Waals surface area contributed by atoms with E-state index in [0.717, 1.165) is 31.1 Å². The van der Waals surface area contributed by atoms with Gasteiger partial charge in [-0.2, -0.15) is 0 Å². The van der Waals surface area contributed by atoms with Crippen molar-refractivity contribution in [1.82, 2.24) is 10.6 Å². The van der Waals surface area contributed by atoms with E-state index in [-0.39, 0.29) is 0 Å². The third kappa shape index (κ3) is 2.47. The molecule has 3 heteroatoms. The van der Waals surface area contributed by atoms with E-state index in [0.29, 0.717) is 6.04 Å². The first-order valence-corrected chi connectivity index (χ1v) is 5.43. The van der Waals surface area contributed by atoms with E-state index < -0.39 is 0 Å². The van der Waals surface area contributed by atoms with Gasteiger partial charge in [0.2, 0.25) is 0 Å². The summed E-state index contributed by atoms with van der Waals surface area (Å²) in [6.07, 6.45) is 1.14. The fraction of sp³-hybridized carbons (Fsp3) is 0.455. The van der Waals surface area contributed by atoms with Gasteiger partial charge in [0, 0.05) is 24.2 Å². The second-order valence-corrected chi connectivity index (χ2v) is 4.03. The summed E-state index contributed by atoms with van der Waals surface area (Å²) in [7, 11) is 0. The molecule has 2 nitrogen and oxygen atoms in total. The van der Waals surface area contributed by atoms with Crippen LogP contribution in [0.4, 0.5) is 0 Å². The highest BCUT2D eigenvalue weighted by atomic mass is 35.5. The van der Waals surface area contributed by atoms with Crippen LogP contribution in [0.15, 0.2) is 24.3 Å². The van der Waals surface area contributed by atoms with Gasteiger partial charge in [-0.25, -0.2) is 0 Å². The molecule has 1 aliphatic heterocycles. The van der Waals surface area contributed by atoms with Gasteiger partial charge < -0.3 is 10.6 Å². The minimum Gasteiger partial charge on any atom is -0.315 e. The fourth-order valence-electron chi connectivity index (χ4n) is 1.79. The van der Waals surface area contributed by atoms with Crippen molar-refractivity contribution in [3.05, 3.63) is 34.9 Å². The summed E-state index contributed by atoms with van der Waals surface area (Å²) in [4.78, 5) is 0. The molecule has 0 aliphatic carbocycles. The Morgan fingerprint density at radius 2 is 1.86 bits per heavy atom. The molecule has 2 rings (SSSR count). The number of rotatable bonds is 1. The van der Waals surface area contributed by atoms with Crippen LogP contribution in [-0.4, -0.2) is 19.6 Å². The van der Waals surface area contributed by atoms with Crippen LogP contribution in [-0.2, 0) is 0 Å². The molecule has 0 saturated carbocycles. The molecule has 1 aliphatic rings. The Labute approximate surface area is 89.7 Å². The second-order valence-electron chi connectivity index (χ2n) is 3.60. The average molecular weight is 211 g/mol. The van der Waals surface area contributed by atoms with Gasteiger partial charge in [-0.1, -0.05) is 23.7 Å². The van der Waals surface area contributed by atoms with Crippen LogP contribution in [0.3, 0.4) is 0 Å². The van der Waals surface area contributed by atoms with Gasteiger partial charge in [0.05, 0.1) is 0 Å². The third-order valence-corrected chi connectivity index (χ3v) is 2.83. The van der Waals surface area contributed by atoms with Gasteiger partial charge in [0.25, 0.3) is 0 Å². The lowest BCUT2D eigenvalue weighted by Crippen LogP contribution is -2.23. The van der Waals surface area contributed by atoms with E-state index in [2.05, 4.69) is 22.8 Å². The lowest BCUT2D eigenvalue weighted by atomic mass is 10.0. The molecule has 0 bridgehead atoms. The van der Waals surface area contributed by atoms with Crippen molar-refractivity contribution in [3.8, 4) is 0 Å². The van der Waals surface area contributed by atoms with E-state index in [4.69, 9.17) is 11.6 Å². The first kappa shape index (κ1) is 9.97. The van der Waals surface area contributed by atoms with Crippen LogP contribution in [0.1, 0.15) is 18.0 Å². The van der Waals surface area contributed by atoms with Gasteiger partial charge in [-0.15, -0.1) is 0 Å². The molecule has 76 valence electrons. The maximum Gasteiger partial charge on any atom is 0.0406 e. The van der Waals surface area contributed by atoms with E-state index in [9.17, 15) is 0 Å². The predicted molar refractivity (Wildman–Crippen MR) is 59.7 cm³/mol. The van der Waals surface area contributed by atoms with Crippen LogP contribution < -0.4 is 10.6 Å². The minimum atomic E-state index is 0.474. The van der Waals surface area contributed by atoms with Crippen molar-refractivity contribution >= 4 is 11.6 Å². The number of benzene rings is 1. The molecule has 1 atom stereocenters. The standard InChI is InChI=1S/C11H15ClN2/c12-10-3-1-9(2-4-10)11-5-6-13-7-8-14-11/h1-4,11,13-14H,5-8H2. The molecule has 0 spiro atoms. The maximum absolute atomic E-state index is 5.85. The van der Waals surface area contributed by atoms with Crippen molar-refractivity contribution in [2.24, 2.45) is 0 Å². The minimum absolute atomic E-state index is 0.474. The zero-order chi connectivity index (χ0) is 9.80. The fourth-order valence-corrected chi connectivity index (χ4v) is 1.91. The van der Waals surface area contributed by atoms with Gasteiger partial charge in [0.15, 0.2) is 0 Å². The molecule has 14 heavy (non-hydrogen) atoms. The Morgan fingerprint density at radius 1 is 1.07 bits per heavy atom. The second kappa shape index (κ2) is 4.78. The Hall–Kier alpha value is -0.570. The normalized spacial score (nSPS) is 23.1. The van der Waals surface area contributed by atoms with Crippen LogP contribution in [0, 0.1) is 0 Å². The Balaban J connectivity index is 2.08. The highest BCUT2D eigenvalue weighted by Crippen LogP contribution is 2.19. The summed E-state index contributed by atoms with van der Waals surface area (Å²) in [5.74, 6) is 0. The van der Waals surface area contributed by atoms with Crippen molar-refractivity contribution < 1.29 is 0 Å². The summed E-state index contributed by atoms with van der Waals surface area (Å²) in [5.41, 5.74) is 1.33. The van der Waals surface area contributed by atoms with Gasteiger partial charge in [-0.3, -0.25) is 0 Å². The molecule has 0 aromatic heterocycles. The molecule has 2 N–H and O–H groups in total. The summed E-state index contributed by atoms with van der Waals surface area (Å²) in [6.45, 7) is 3.18. The Bertz CT molecular complexity index is 276. The highest BCUT2D eigenvalue weighted by Gasteiger charge is 2.12. The van der Waals surface area contributed by atoms with Crippen molar-refractivity contribution in [2.45, 2.75) is 12.5 Å². The monoisotopic (exact) mass is 210 g/mol. The molecule has 1 saturated heterocycles. The Kier molecular flexibility index (Phi) is 3.40. The van der Waals surface area contributed by atoms with Crippen LogP contribution in [0.5, 0.6) is 0 Å². The average Bonchev–Trinajstić information content (AvgIpc) is 2.47. The van der Waals surface area contributed by atoms with Crippen LogP contribution >= 0.6 is 11.6 Å². The summed E-state index contributed by atoms with van der Waals surface area (Å²) >= 11 is 5.85. The molecular weight excluding hydrogens is 196 g/mol. The first-order chi connectivity index (χ1) is 6.86. The quantitative estimate of drug-likeness (QED) is 0.741. The van der Waals surface area contributed by atoms with E-state index in [1.54, 1.807) is 0 Å². The zero-order valence-electron chi connectivity index (χ0n) is 8.09. The molecule has 1 aromatic carbocycles. The van der Waals surface area contributed by atoms with Crippen molar-refractivity contribution in [3.63, 3.8) is 0 Å². The van der Waals surface area contributed by atoms with Gasteiger partial charge in [0.1, 0.15) is 0 Å².